The fourth-order valence-corrected chi connectivity index (χ4v) is 0.687. The van der Waals surface area contributed by atoms with E-state index < -0.39 is 0 Å². The predicted octanol–water partition coefficient (Wildman–Crippen LogP) is 2.10. The summed E-state index contributed by atoms with van der Waals surface area (Å²) >= 11 is 0. The van der Waals surface area contributed by atoms with Gasteiger partial charge in [-0.1, -0.05) is 13.3 Å². The zero-order valence-electron chi connectivity index (χ0n) is 9.77. The van der Waals surface area contributed by atoms with Crippen molar-refractivity contribution in [3.05, 3.63) is 0 Å². The van der Waals surface area contributed by atoms with Crippen LogP contribution in [0.15, 0.2) is 0 Å². The van der Waals surface area contributed by atoms with Crippen molar-refractivity contribution in [2.45, 2.75) is 19.8 Å². The molecular weight excluding hydrogens is 169 g/mol. The maximum absolute atomic E-state index is 9.50. The maximum atomic E-state index is 9.50. The molecule has 0 aromatic heterocycles. The maximum Gasteiger partial charge on any atom is 0.102 e. The Balaban J connectivity index is 0. The summed E-state index contributed by atoms with van der Waals surface area (Å²) in [6.45, 7) is 5.10. The van der Waals surface area contributed by atoms with Gasteiger partial charge < -0.3 is 9.22 Å². The van der Waals surface area contributed by atoms with Crippen molar-refractivity contribution in [3.8, 4) is 0 Å². The molecular formula is C10H25FNO+. The van der Waals surface area contributed by atoms with Crippen molar-refractivity contribution in [3.63, 3.8) is 0 Å². The van der Waals surface area contributed by atoms with Gasteiger partial charge in [-0.25, -0.2) is 0 Å². The van der Waals surface area contributed by atoms with Crippen LogP contribution in [0.2, 0.25) is 0 Å². The first-order valence-corrected chi connectivity index (χ1v) is 4.82. The van der Waals surface area contributed by atoms with Gasteiger partial charge in [0.25, 0.3) is 0 Å². The molecule has 3 heteroatoms. The number of quaternary nitrogens is 1. The zero-order chi connectivity index (χ0) is 10.7. The molecule has 0 radical (unpaired) electrons. The normalized spacial score (nSPS) is 10.6. The summed E-state index contributed by atoms with van der Waals surface area (Å²) in [4.78, 5) is 0. The molecule has 0 atom stereocenters. The molecule has 0 rings (SSSR count). The van der Waals surface area contributed by atoms with Crippen LogP contribution in [0.5, 0.6) is 0 Å². The third kappa shape index (κ3) is 18.7. The Morgan fingerprint density at radius 1 is 1.08 bits per heavy atom. The summed E-state index contributed by atoms with van der Waals surface area (Å²) < 4.78 is 15.9. The second-order valence-electron chi connectivity index (χ2n) is 3.98. The first-order valence-electron chi connectivity index (χ1n) is 4.82. The smallest absolute Gasteiger partial charge is 0.102 e. The standard InChI is InChI=1S/C9H22NO.CH3F/c1-5-6-8-11-9-7-10(2,3)4;1-2/h5-9H2,1-4H3;1H3/q+1;. The van der Waals surface area contributed by atoms with E-state index in [1.165, 1.54) is 12.8 Å². The highest BCUT2D eigenvalue weighted by molar-refractivity contribution is 4.32. The molecule has 13 heavy (non-hydrogen) atoms. The molecule has 0 heterocycles. The summed E-state index contributed by atoms with van der Waals surface area (Å²) in [6.07, 6.45) is 2.42. The van der Waals surface area contributed by atoms with E-state index >= 15 is 0 Å². The number of hydrogen-bond acceptors (Lipinski definition) is 1. The number of likely N-dealkylation sites (N-methyl/N-ethyl adjacent to an activating group) is 1. The van der Waals surface area contributed by atoms with E-state index in [0.29, 0.717) is 7.18 Å². The minimum absolute atomic E-state index is 0.500. The molecule has 0 amide bonds. The van der Waals surface area contributed by atoms with Gasteiger partial charge in [0.05, 0.1) is 34.9 Å². The highest BCUT2D eigenvalue weighted by atomic mass is 19.1. The Labute approximate surface area is 82.3 Å². The van der Waals surface area contributed by atoms with E-state index in [1.807, 2.05) is 0 Å². The summed E-state index contributed by atoms with van der Waals surface area (Å²) in [6, 6.07) is 0. The summed E-state index contributed by atoms with van der Waals surface area (Å²) in [5.74, 6) is 0. The van der Waals surface area contributed by atoms with E-state index in [2.05, 4.69) is 28.1 Å². The van der Waals surface area contributed by atoms with E-state index in [-0.39, 0.29) is 0 Å². The lowest BCUT2D eigenvalue weighted by molar-refractivity contribution is -0.870. The lowest BCUT2D eigenvalue weighted by atomic mass is 10.4. The van der Waals surface area contributed by atoms with Gasteiger partial charge in [0.15, 0.2) is 0 Å². The van der Waals surface area contributed by atoms with Crippen LogP contribution in [0.25, 0.3) is 0 Å². The molecule has 0 fully saturated rings. The SMILES string of the molecule is CCCCOCC[N+](C)(C)C.CF. The zero-order valence-corrected chi connectivity index (χ0v) is 9.77. The summed E-state index contributed by atoms with van der Waals surface area (Å²) in [5, 5.41) is 0. The minimum Gasteiger partial charge on any atom is -0.376 e. The molecule has 0 bridgehead atoms. The van der Waals surface area contributed by atoms with Crippen molar-refractivity contribution < 1.29 is 13.6 Å². The topological polar surface area (TPSA) is 9.23 Å². The van der Waals surface area contributed by atoms with Crippen LogP contribution in [0, 0.1) is 0 Å². The highest BCUT2D eigenvalue weighted by Gasteiger charge is 2.04. The second kappa shape index (κ2) is 9.93. The molecule has 0 aromatic carbocycles. The predicted molar refractivity (Wildman–Crippen MR) is 55.7 cm³/mol. The largest absolute Gasteiger partial charge is 0.376 e. The third-order valence-electron chi connectivity index (χ3n) is 1.55. The van der Waals surface area contributed by atoms with Gasteiger partial charge in [-0.05, 0) is 6.42 Å². The van der Waals surface area contributed by atoms with Gasteiger partial charge in [-0.2, -0.15) is 0 Å². The Bertz CT molecular complexity index is 91.4. The molecule has 0 aliphatic rings. The molecule has 0 aliphatic carbocycles. The van der Waals surface area contributed by atoms with Crippen LogP contribution in [-0.4, -0.2) is 52.6 Å². The first kappa shape index (κ1) is 15.3. The van der Waals surface area contributed by atoms with Gasteiger partial charge in [-0.3, -0.25) is 4.39 Å². The van der Waals surface area contributed by atoms with E-state index in [4.69, 9.17) is 4.74 Å². The molecule has 0 saturated heterocycles. The van der Waals surface area contributed by atoms with E-state index in [0.717, 1.165) is 24.2 Å². The van der Waals surface area contributed by atoms with Crippen LogP contribution in [0.1, 0.15) is 19.8 Å². The number of hydrogen-bond donors (Lipinski definition) is 0. The van der Waals surface area contributed by atoms with Crippen LogP contribution in [0.4, 0.5) is 4.39 Å². The van der Waals surface area contributed by atoms with Gasteiger partial charge >= 0.3 is 0 Å². The molecule has 0 unspecified atom stereocenters. The lowest BCUT2D eigenvalue weighted by Gasteiger charge is -2.23. The van der Waals surface area contributed by atoms with Crippen molar-refractivity contribution >= 4 is 0 Å². The van der Waals surface area contributed by atoms with Crippen molar-refractivity contribution in [1.82, 2.24) is 0 Å². The Morgan fingerprint density at radius 2 is 1.62 bits per heavy atom. The second-order valence-corrected chi connectivity index (χ2v) is 3.98. The molecule has 0 spiro atoms. The number of rotatable bonds is 6. The average Bonchev–Trinajstić information content (AvgIpc) is 2.06. The number of nitrogens with zero attached hydrogens (tertiary/aromatic N) is 1. The van der Waals surface area contributed by atoms with Crippen LogP contribution in [-0.2, 0) is 4.74 Å². The number of alkyl halides is 1. The van der Waals surface area contributed by atoms with Gasteiger partial charge in [0, 0.05) is 6.61 Å². The fourth-order valence-electron chi connectivity index (χ4n) is 0.687. The van der Waals surface area contributed by atoms with Crippen molar-refractivity contribution in [1.29, 1.82) is 0 Å². The Kier molecular flexibility index (Phi) is 11.7. The fraction of sp³-hybridized carbons (Fsp3) is 1.00. The molecule has 82 valence electrons. The number of halogens is 1. The molecule has 0 saturated carbocycles. The van der Waals surface area contributed by atoms with Gasteiger partial charge in [0.1, 0.15) is 6.54 Å². The van der Waals surface area contributed by atoms with Crippen LogP contribution < -0.4 is 0 Å². The summed E-state index contributed by atoms with van der Waals surface area (Å²) in [7, 11) is 7.05. The van der Waals surface area contributed by atoms with E-state index in [9.17, 15) is 4.39 Å². The van der Waals surface area contributed by atoms with E-state index in [1.54, 1.807) is 0 Å². The molecule has 0 aromatic rings. The van der Waals surface area contributed by atoms with Crippen molar-refractivity contribution in [2.24, 2.45) is 0 Å². The highest BCUT2D eigenvalue weighted by Crippen LogP contribution is 1.91. The quantitative estimate of drug-likeness (QED) is 0.465. The van der Waals surface area contributed by atoms with Crippen molar-refractivity contribution in [2.75, 3.05) is 48.1 Å². The molecule has 0 aliphatic heterocycles. The van der Waals surface area contributed by atoms with Gasteiger partial charge in [0.2, 0.25) is 0 Å². The molecule has 2 nitrogen and oxygen atoms in total. The number of ether oxygens (including phenoxy) is 1. The van der Waals surface area contributed by atoms with Crippen LogP contribution in [0.3, 0.4) is 0 Å². The first-order chi connectivity index (χ1) is 6.06. The monoisotopic (exact) mass is 194 g/mol. The minimum atomic E-state index is 0.500. The number of unbranched alkanes of at least 4 members (excludes halogenated alkanes) is 1. The Hall–Kier alpha value is -0.150. The average molecular weight is 194 g/mol. The lowest BCUT2D eigenvalue weighted by Crippen LogP contribution is -2.37. The Morgan fingerprint density at radius 3 is 2.00 bits per heavy atom. The van der Waals surface area contributed by atoms with Gasteiger partial charge in [-0.15, -0.1) is 0 Å². The molecule has 0 N–H and O–H groups in total. The van der Waals surface area contributed by atoms with Crippen LogP contribution >= 0.6 is 0 Å². The third-order valence-corrected chi connectivity index (χ3v) is 1.55. The summed E-state index contributed by atoms with van der Waals surface area (Å²) in [5.41, 5.74) is 0.